The maximum atomic E-state index is 13.6. The van der Waals surface area contributed by atoms with E-state index in [1.807, 2.05) is 77.9 Å². The zero-order chi connectivity index (χ0) is 23.2. The molecule has 0 aliphatic carbocycles. The third-order valence-corrected chi connectivity index (χ3v) is 4.86. The van der Waals surface area contributed by atoms with Crippen molar-refractivity contribution in [3.8, 4) is 5.75 Å². The molecule has 2 aromatic carbocycles. The van der Waals surface area contributed by atoms with E-state index in [2.05, 4.69) is 0 Å². The van der Waals surface area contributed by atoms with Crippen LogP contribution in [0.25, 0.3) is 0 Å². The van der Waals surface area contributed by atoms with E-state index in [9.17, 15) is 9.59 Å². The Balaban J connectivity index is 2.62. The van der Waals surface area contributed by atoms with E-state index in [1.165, 1.54) is 0 Å². The number of anilines is 1. The van der Waals surface area contributed by atoms with Crippen molar-refractivity contribution in [2.75, 3.05) is 18.6 Å². The van der Waals surface area contributed by atoms with Gasteiger partial charge in [-0.05, 0) is 70.4 Å². The maximum absolute atomic E-state index is 13.6. The van der Waals surface area contributed by atoms with E-state index >= 15 is 0 Å². The molecule has 0 saturated heterocycles. The van der Waals surface area contributed by atoms with Gasteiger partial charge in [0.1, 0.15) is 17.9 Å². The van der Waals surface area contributed by atoms with Crippen molar-refractivity contribution in [1.29, 1.82) is 0 Å². The molecule has 0 unspecified atom stereocenters. The fourth-order valence-electron chi connectivity index (χ4n) is 3.29. The van der Waals surface area contributed by atoms with Crippen molar-refractivity contribution >= 4 is 17.4 Å². The van der Waals surface area contributed by atoms with Crippen LogP contribution in [-0.4, -0.2) is 31.0 Å². The number of hydrogen-bond acceptors (Lipinski definition) is 5. The fourth-order valence-corrected chi connectivity index (χ4v) is 3.29. The smallest absolute Gasteiger partial charge is 0.326 e. The van der Waals surface area contributed by atoms with Gasteiger partial charge in [0.2, 0.25) is 5.78 Å². The summed E-state index contributed by atoms with van der Waals surface area (Å²) in [6, 6.07) is 14.7. The molecule has 2 aromatic rings. The number of allylic oxidation sites excluding steroid dienone is 2. The Morgan fingerprint density at radius 2 is 1.68 bits per heavy atom. The Morgan fingerprint density at radius 3 is 2.19 bits per heavy atom. The van der Waals surface area contributed by atoms with Gasteiger partial charge in [-0.3, -0.25) is 9.59 Å². The van der Waals surface area contributed by atoms with E-state index in [4.69, 9.17) is 9.47 Å². The van der Waals surface area contributed by atoms with Gasteiger partial charge in [-0.25, -0.2) is 0 Å². The number of nitrogens with zero attached hydrogens (tertiary/aromatic N) is 1. The molecule has 0 aliphatic rings. The molecule has 0 aromatic heterocycles. The van der Waals surface area contributed by atoms with E-state index in [0.717, 1.165) is 16.8 Å². The minimum absolute atomic E-state index is 0.0737. The van der Waals surface area contributed by atoms with Crippen molar-refractivity contribution in [1.82, 2.24) is 0 Å². The summed E-state index contributed by atoms with van der Waals surface area (Å²) < 4.78 is 10.9. The predicted octanol–water partition coefficient (Wildman–Crippen LogP) is 5.72. The summed E-state index contributed by atoms with van der Waals surface area (Å²) in [5.41, 5.74) is 3.00. The number of hydrogen-bond donors (Lipinski definition) is 0. The van der Waals surface area contributed by atoms with Crippen molar-refractivity contribution in [2.45, 2.75) is 53.6 Å². The molecule has 0 bridgehead atoms. The molecule has 0 radical (unpaired) electrons. The van der Waals surface area contributed by atoms with Crippen LogP contribution < -0.4 is 9.64 Å². The number of benzene rings is 2. The highest BCUT2D eigenvalue weighted by molar-refractivity contribution is 6.12. The second kappa shape index (κ2) is 10.3. The van der Waals surface area contributed by atoms with Crippen LogP contribution in [0.5, 0.6) is 5.75 Å². The molecule has 0 heterocycles. The highest BCUT2D eigenvalue weighted by Crippen LogP contribution is 2.31. The quantitative estimate of drug-likeness (QED) is 0.309. The van der Waals surface area contributed by atoms with Crippen LogP contribution >= 0.6 is 0 Å². The van der Waals surface area contributed by atoms with E-state index in [1.54, 1.807) is 24.1 Å². The number of carbonyl (C=O) groups excluding carboxylic acids is 2. The summed E-state index contributed by atoms with van der Waals surface area (Å²) in [6.07, 6.45) is 0.675. The number of esters is 1. The zero-order valence-corrected chi connectivity index (χ0v) is 19.6. The van der Waals surface area contributed by atoms with Gasteiger partial charge in [-0.15, -0.1) is 0 Å². The molecule has 0 spiro atoms. The number of aryl methyl sites for hydroxylation is 1. The average molecular weight is 424 g/mol. The van der Waals surface area contributed by atoms with Crippen molar-refractivity contribution in [2.24, 2.45) is 0 Å². The monoisotopic (exact) mass is 423 g/mol. The van der Waals surface area contributed by atoms with E-state index in [-0.39, 0.29) is 12.3 Å². The van der Waals surface area contributed by atoms with Gasteiger partial charge in [0.25, 0.3) is 0 Å². The molecule has 0 saturated carbocycles. The Bertz CT molecular complexity index is 955. The standard InChI is InChI=1S/C26H33NO4/c1-8-18(2)24(25(29)20-12-10-9-11-13-20)27(17-23(28)31-26(4,5)6)22-15-14-21(30-7)16-19(22)3/h9-16H,8,17H2,1-7H3. The van der Waals surface area contributed by atoms with E-state index < -0.39 is 11.6 Å². The molecule has 5 heteroatoms. The topological polar surface area (TPSA) is 55.8 Å². The third kappa shape index (κ3) is 6.45. The summed E-state index contributed by atoms with van der Waals surface area (Å²) in [5.74, 6) is 0.189. The second-order valence-electron chi connectivity index (χ2n) is 8.50. The predicted molar refractivity (Wildman–Crippen MR) is 125 cm³/mol. The summed E-state index contributed by atoms with van der Waals surface area (Å²) in [4.78, 5) is 28.2. The molecule has 31 heavy (non-hydrogen) atoms. The first-order chi connectivity index (χ1) is 14.6. The van der Waals surface area contributed by atoms with Crippen LogP contribution in [0.3, 0.4) is 0 Å². The van der Waals surface area contributed by atoms with Gasteiger partial charge in [-0.2, -0.15) is 0 Å². The Kier molecular flexibility index (Phi) is 8.03. The van der Waals surface area contributed by atoms with Crippen LogP contribution in [0.15, 0.2) is 59.8 Å². The van der Waals surface area contributed by atoms with Gasteiger partial charge in [0, 0.05) is 11.3 Å². The first-order valence-electron chi connectivity index (χ1n) is 10.5. The lowest BCUT2D eigenvalue weighted by Crippen LogP contribution is -2.37. The summed E-state index contributed by atoms with van der Waals surface area (Å²) in [6.45, 7) is 11.3. The number of carbonyl (C=O) groups is 2. The second-order valence-corrected chi connectivity index (χ2v) is 8.50. The molecule has 0 N–H and O–H groups in total. The average Bonchev–Trinajstić information content (AvgIpc) is 2.72. The SMILES string of the molecule is CCC(C)=C(C(=O)c1ccccc1)N(CC(=O)OC(C)(C)C)c1ccc(OC)cc1C. The lowest BCUT2D eigenvalue weighted by molar-refractivity contribution is -0.152. The molecule has 0 fully saturated rings. The van der Waals surface area contributed by atoms with Crippen LogP contribution in [0.2, 0.25) is 0 Å². The molecule has 0 amide bonds. The number of ketones is 1. The number of Topliss-reactive ketones (excluding diaryl/α,β-unsaturated/α-hetero) is 1. The Labute approximate surface area is 185 Å². The first-order valence-corrected chi connectivity index (χ1v) is 10.5. The molecule has 5 nitrogen and oxygen atoms in total. The minimum Gasteiger partial charge on any atom is -0.497 e. The van der Waals surface area contributed by atoms with Gasteiger partial charge in [-0.1, -0.05) is 37.3 Å². The number of ether oxygens (including phenoxy) is 2. The largest absolute Gasteiger partial charge is 0.497 e. The lowest BCUT2D eigenvalue weighted by Gasteiger charge is -2.30. The fraction of sp³-hybridized carbons (Fsp3) is 0.385. The Morgan fingerprint density at radius 1 is 1.03 bits per heavy atom. The van der Waals surface area contributed by atoms with Gasteiger partial charge < -0.3 is 14.4 Å². The number of methoxy groups -OCH3 is 1. The lowest BCUT2D eigenvalue weighted by atomic mass is 10.0. The molecular weight excluding hydrogens is 390 g/mol. The molecular formula is C26H33NO4. The van der Waals surface area contributed by atoms with Gasteiger partial charge >= 0.3 is 5.97 Å². The molecule has 0 aliphatic heterocycles. The van der Waals surface area contributed by atoms with Crippen LogP contribution in [0.1, 0.15) is 57.0 Å². The normalized spacial score (nSPS) is 12.1. The third-order valence-electron chi connectivity index (χ3n) is 4.86. The first kappa shape index (κ1) is 24.2. The maximum Gasteiger partial charge on any atom is 0.326 e. The van der Waals surface area contributed by atoms with E-state index in [0.29, 0.717) is 23.4 Å². The van der Waals surface area contributed by atoms with Gasteiger partial charge in [0.05, 0.1) is 12.8 Å². The van der Waals surface area contributed by atoms with Crippen molar-refractivity contribution < 1.29 is 19.1 Å². The summed E-state index contributed by atoms with van der Waals surface area (Å²) in [7, 11) is 1.61. The summed E-state index contributed by atoms with van der Waals surface area (Å²) >= 11 is 0. The van der Waals surface area contributed by atoms with Crippen molar-refractivity contribution in [3.63, 3.8) is 0 Å². The van der Waals surface area contributed by atoms with Crippen LogP contribution in [0.4, 0.5) is 5.69 Å². The van der Waals surface area contributed by atoms with Gasteiger partial charge in [0.15, 0.2) is 0 Å². The highest BCUT2D eigenvalue weighted by atomic mass is 16.6. The molecule has 0 atom stereocenters. The summed E-state index contributed by atoms with van der Waals surface area (Å²) in [5, 5.41) is 0. The molecule has 166 valence electrons. The minimum atomic E-state index is -0.620. The highest BCUT2D eigenvalue weighted by Gasteiger charge is 2.28. The number of rotatable bonds is 8. The molecule has 2 rings (SSSR count). The van der Waals surface area contributed by atoms with Crippen molar-refractivity contribution in [3.05, 3.63) is 70.9 Å². The van der Waals surface area contributed by atoms with Crippen LogP contribution in [-0.2, 0) is 9.53 Å². The van der Waals surface area contributed by atoms with Crippen LogP contribution in [0, 0.1) is 6.92 Å². The Hall–Kier alpha value is -3.08. The zero-order valence-electron chi connectivity index (χ0n) is 19.6.